The minimum Gasteiger partial charge on any atom is -0.491 e. The molecular formula is C36H50N4O2. The highest BCUT2D eigenvalue weighted by Gasteiger charge is 2.44. The number of amides is 1. The maximum absolute atomic E-state index is 13.2. The Hall–Kier alpha value is -2.86. The van der Waals surface area contributed by atoms with Crippen LogP contribution in [0.25, 0.3) is 11.0 Å². The first-order chi connectivity index (χ1) is 20.0. The van der Waals surface area contributed by atoms with E-state index in [2.05, 4.69) is 83.7 Å². The van der Waals surface area contributed by atoms with E-state index in [-0.39, 0.29) is 22.8 Å². The summed E-state index contributed by atoms with van der Waals surface area (Å²) in [7, 11) is 0. The van der Waals surface area contributed by atoms with Crippen LogP contribution in [0.3, 0.4) is 0 Å². The average molecular weight is 571 g/mol. The molecule has 6 heteroatoms. The molecule has 1 amide bonds. The summed E-state index contributed by atoms with van der Waals surface area (Å²) in [6.07, 6.45) is 8.29. The number of para-hydroxylation sites is 2. The van der Waals surface area contributed by atoms with Gasteiger partial charge in [-0.3, -0.25) is 9.69 Å². The lowest BCUT2D eigenvalue weighted by Crippen LogP contribution is -2.50. The van der Waals surface area contributed by atoms with E-state index < -0.39 is 0 Å². The first-order valence-electron chi connectivity index (χ1n) is 16.3. The van der Waals surface area contributed by atoms with Crippen LogP contribution in [-0.2, 0) is 10.2 Å². The second-order valence-electron chi connectivity index (χ2n) is 14.5. The quantitative estimate of drug-likeness (QED) is 0.299. The van der Waals surface area contributed by atoms with Crippen molar-refractivity contribution in [2.75, 3.05) is 19.6 Å². The molecule has 6 rings (SSSR count). The summed E-state index contributed by atoms with van der Waals surface area (Å²) >= 11 is 0. The number of carbonyl (C=O) groups is 1. The van der Waals surface area contributed by atoms with E-state index >= 15 is 0 Å². The SMILES string of the molecule is Cc1nc2ccccc2n1C1C[C@H]2CC[C@@H](C1)N2CCC1(c2cccc(OC(C)C)c2)CCN(C(=O)C(C)(C)C)CC1. The number of carbonyl (C=O) groups excluding carboxylic acids is 1. The molecule has 4 heterocycles. The van der Waals surface area contributed by atoms with Gasteiger partial charge in [0.1, 0.15) is 11.6 Å². The van der Waals surface area contributed by atoms with Crippen molar-refractivity contribution in [2.24, 2.45) is 5.41 Å². The van der Waals surface area contributed by atoms with Crippen molar-refractivity contribution in [2.45, 2.75) is 116 Å². The molecule has 0 saturated carbocycles. The van der Waals surface area contributed by atoms with Gasteiger partial charge in [-0.25, -0.2) is 4.98 Å². The van der Waals surface area contributed by atoms with E-state index in [1.165, 1.54) is 36.8 Å². The van der Waals surface area contributed by atoms with E-state index in [0.717, 1.165) is 56.0 Å². The third-order valence-corrected chi connectivity index (χ3v) is 10.3. The highest BCUT2D eigenvalue weighted by Crippen LogP contribution is 2.45. The lowest BCUT2D eigenvalue weighted by molar-refractivity contribution is -0.141. The molecule has 1 unspecified atom stereocenters. The zero-order valence-electron chi connectivity index (χ0n) is 26.6. The van der Waals surface area contributed by atoms with E-state index in [9.17, 15) is 4.79 Å². The van der Waals surface area contributed by atoms with Crippen molar-refractivity contribution in [1.29, 1.82) is 0 Å². The van der Waals surface area contributed by atoms with E-state index in [1.807, 2.05) is 20.8 Å². The predicted octanol–water partition coefficient (Wildman–Crippen LogP) is 7.30. The maximum Gasteiger partial charge on any atom is 0.227 e. The average Bonchev–Trinajstić information content (AvgIpc) is 3.41. The molecule has 0 aliphatic carbocycles. The predicted molar refractivity (Wildman–Crippen MR) is 170 cm³/mol. The van der Waals surface area contributed by atoms with Gasteiger partial charge in [-0.05, 0) is 102 Å². The molecule has 3 saturated heterocycles. The van der Waals surface area contributed by atoms with Crippen LogP contribution < -0.4 is 4.74 Å². The van der Waals surface area contributed by atoms with Crippen molar-refractivity contribution in [3.05, 3.63) is 59.9 Å². The van der Waals surface area contributed by atoms with Gasteiger partial charge >= 0.3 is 0 Å². The van der Waals surface area contributed by atoms with Gasteiger partial charge in [-0.15, -0.1) is 0 Å². The van der Waals surface area contributed by atoms with Crippen LogP contribution in [0, 0.1) is 12.3 Å². The summed E-state index contributed by atoms with van der Waals surface area (Å²) in [6.45, 7) is 15.2. The van der Waals surface area contributed by atoms with Crippen LogP contribution in [0.5, 0.6) is 5.75 Å². The number of piperidine rings is 2. The van der Waals surface area contributed by atoms with Crippen molar-refractivity contribution >= 4 is 16.9 Å². The molecular weight excluding hydrogens is 520 g/mol. The third-order valence-electron chi connectivity index (χ3n) is 10.3. The third kappa shape index (κ3) is 5.59. The van der Waals surface area contributed by atoms with Crippen molar-refractivity contribution in [1.82, 2.24) is 19.4 Å². The Balaban J connectivity index is 1.21. The highest BCUT2D eigenvalue weighted by molar-refractivity contribution is 5.81. The van der Waals surface area contributed by atoms with Crippen LogP contribution in [0.15, 0.2) is 48.5 Å². The number of benzene rings is 2. The Morgan fingerprint density at radius 1 is 1.00 bits per heavy atom. The first-order valence-corrected chi connectivity index (χ1v) is 16.3. The number of ether oxygens (including phenoxy) is 1. The van der Waals surface area contributed by atoms with Gasteiger partial charge in [0.2, 0.25) is 5.91 Å². The number of hydrogen-bond acceptors (Lipinski definition) is 4. The second-order valence-corrected chi connectivity index (χ2v) is 14.5. The second kappa shape index (κ2) is 11.3. The number of aromatic nitrogens is 2. The summed E-state index contributed by atoms with van der Waals surface area (Å²) in [5.74, 6) is 2.38. The Bertz CT molecular complexity index is 1400. The maximum atomic E-state index is 13.2. The Kier molecular flexibility index (Phi) is 7.88. The molecule has 0 radical (unpaired) electrons. The molecule has 42 heavy (non-hydrogen) atoms. The molecule has 1 aromatic heterocycles. The van der Waals surface area contributed by atoms with Gasteiger partial charge < -0.3 is 14.2 Å². The van der Waals surface area contributed by atoms with Crippen LogP contribution in [0.1, 0.15) is 97.0 Å². The summed E-state index contributed by atoms with van der Waals surface area (Å²) in [4.78, 5) is 23.0. The van der Waals surface area contributed by atoms with Gasteiger partial charge in [0, 0.05) is 42.0 Å². The highest BCUT2D eigenvalue weighted by atomic mass is 16.5. The van der Waals surface area contributed by atoms with Gasteiger partial charge in [-0.2, -0.15) is 0 Å². The molecule has 3 aliphatic heterocycles. The standard InChI is InChI=1S/C36H50N4O2/c1-25(2)42-31-11-9-10-27(22-31)36(16-19-38(20-17-36)34(41)35(4,5)6)18-21-39-28-14-15-29(39)24-30(23-28)40-26(3)37-32-12-7-8-13-33(32)40/h7-13,22,25,28-30H,14-21,23-24H2,1-6H3/t28-,29+,30?. The number of likely N-dealkylation sites (tertiary alicyclic amines) is 1. The Morgan fingerprint density at radius 2 is 1.69 bits per heavy atom. The molecule has 3 aliphatic rings. The number of rotatable bonds is 7. The minimum absolute atomic E-state index is 0.0540. The van der Waals surface area contributed by atoms with Gasteiger partial charge in [0.05, 0.1) is 17.1 Å². The lowest BCUT2D eigenvalue weighted by atomic mass is 9.70. The molecule has 3 atom stereocenters. The van der Waals surface area contributed by atoms with Crippen molar-refractivity contribution < 1.29 is 9.53 Å². The van der Waals surface area contributed by atoms with Gasteiger partial charge in [0.15, 0.2) is 0 Å². The van der Waals surface area contributed by atoms with Crippen LogP contribution >= 0.6 is 0 Å². The molecule has 6 nitrogen and oxygen atoms in total. The van der Waals surface area contributed by atoms with E-state index in [1.54, 1.807) is 0 Å². The largest absolute Gasteiger partial charge is 0.491 e. The van der Waals surface area contributed by atoms with Crippen molar-refractivity contribution in [3.8, 4) is 5.75 Å². The summed E-state index contributed by atoms with van der Waals surface area (Å²) in [6, 6.07) is 19.2. The Morgan fingerprint density at radius 3 is 2.36 bits per heavy atom. The summed E-state index contributed by atoms with van der Waals surface area (Å²) < 4.78 is 8.67. The fraction of sp³-hybridized carbons (Fsp3) is 0.611. The molecule has 226 valence electrons. The van der Waals surface area contributed by atoms with Crippen LogP contribution in [0.2, 0.25) is 0 Å². The van der Waals surface area contributed by atoms with E-state index in [4.69, 9.17) is 9.72 Å². The Labute approximate surface area is 252 Å². The molecule has 3 aromatic rings. The number of nitrogens with zero attached hydrogens (tertiary/aromatic N) is 4. The molecule has 0 N–H and O–H groups in total. The molecule has 2 bridgehead atoms. The zero-order valence-corrected chi connectivity index (χ0v) is 26.6. The fourth-order valence-electron chi connectivity index (χ4n) is 8.26. The number of aryl methyl sites for hydroxylation is 1. The fourth-order valence-corrected chi connectivity index (χ4v) is 8.26. The van der Waals surface area contributed by atoms with Gasteiger partial charge in [-0.1, -0.05) is 45.0 Å². The summed E-state index contributed by atoms with van der Waals surface area (Å²) in [5, 5.41) is 0. The van der Waals surface area contributed by atoms with Gasteiger partial charge in [0.25, 0.3) is 0 Å². The molecule has 3 fully saturated rings. The van der Waals surface area contributed by atoms with Crippen LogP contribution in [0.4, 0.5) is 0 Å². The zero-order chi connectivity index (χ0) is 29.6. The number of fused-ring (bicyclic) bond motifs is 3. The number of hydrogen-bond donors (Lipinski definition) is 0. The smallest absolute Gasteiger partial charge is 0.227 e. The topological polar surface area (TPSA) is 50.6 Å². The molecule has 2 aromatic carbocycles. The molecule has 0 spiro atoms. The lowest BCUT2D eigenvalue weighted by Gasteiger charge is -2.46. The number of imidazole rings is 1. The monoisotopic (exact) mass is 570 g/mol. The minimum atomic E-state index is -0.340. The normalized spacial score (nSPS) is 24.5. The van der Waals surface area contributed by atoms with E-state index in [0.29, 0.717) is 18.1 Å². The van der Waals surface area contributed by atoms with Crippen LogP contribution in [-0.4, -0.2) is 63.1 Å². The first kappa shape index (κ1) is 29.2. The van der Waals surface area contributed by atoms with Crippen molar-refractivity contribution in [3.63, 3.8) is 0 Å². The summed E-state index contributed by atoms with van der Waals surface area (Å²) in [5.41, 5.74) is 3.50.